The molecule has 1 unspecified atom stereocenters. The molecule has 0 saturated heterocycles. The van der Waals surface area contributed by atoms with E-state index >= 15 is 0 Å². The number of aryl methyl sites for hydroxylation is 2. The molecule has 2 heterocycles. The largest absolute Gasteiger partial charge is 0.344 e. The average molecular weight is 689 g/mol. The summed E-state index contributed by atoms with van der Waals surface area (Å²) in [6.07, 6.45) is 8.18. The highest BCUT2D eigenvalue weighted by atomic mass is 14.9. The number of hydrogen-bond acceptors (Lipinski definition) is 0. The summed E-state index contributed by atoms with van der Waals surface area (Å²) in [5, 5.41) is 7.50. The van der Waals surface area contributed by atoms with Crippen molar-refractivity contribution in [3.05, 3.63) is 197 Å². The summed E-state index contributed by atoms with van der Waals surface area (Å²) < 4.78 is 4.66. The zero-order valence-corrected chi connectivity index (χ0v) is 30.3. The Kier molecular flexibility index (Phi) is 6.75. The minimum absolute atomic E-state index is 0.165. The van der Waals surface area contributed by atoms with Gasteiger partial charge in [-0.05, 0) is 98.1 Å². The number of para-hydroxylation sites is 2. The van der Waals surface area contributed by atoms with Gasteiger partial charge in [0.15, 0.2) is 0 Å². The summed E-state index contributed by atoms with van der Waals surface area (Å²) in [4.78, 5) is 0. The van der Waals surface area contributed by atoms with Gasteiger partial charge in [0.1, 0.15) is 0 Å². The Morgan fingerprint density at radius 2 is 1.11 bits per heavy atom. The molecule has 0 radical (unpaired) electrons. The normalized spacial score (nSPS) is 15.1. The van der Waals surface area contributed by atoms with E-state index in [0.29, 0.717) is 0 Å². The second-order valence-electron chi connectivity index (χ2n) is 14.7. The summed E-state index contributed by atoms with van der Waals surface area (Å²) in [7, 11) is 4.36. The Morgan fingerprint density at radius 1 is 0.537 bits per heavy atom. The molecule has 1 atom stereocenters. The Bertz CT molecular complexity index is 3180. The van der Waals surface area contributed by atoms with Gasteiger partial charge in [-0.15, -0.1) is 0 Å². The quantitative estimate of drug-likeness (QED) is 0.174. The van der Waals surface area contributed by atoms with Gasteiger partial charge in [0, 0.05) is 68.8 Å². The Balaban J connectivity index is 1.24. The van der Waals surface area contributed by atoms with E-state index in [4.69, 9.17) is 0 Å². The molecule has 0 fully saturated rings. The lowest BCUT2D eigenvalue weighted by Crippen LogP contribution is -2.36. The van der Waals surface area contributed by atoms with Crippen LogP contribution in [0.3, 0.4) is 0 Å². The number of allylic oxidation sites excluding steroid dienone is 4. The number of hydrogen-bond donors (Lipinski definition) is 0. The first-order chi connectivity index (χ1) is 26.7. The maximum absolute atomic E-state index is 3.68. The number of rotatable bonds is 4. The molecule has 0 bridgehead atoms. The minimum Gasteiger partial charge on any atom is -0.344 e. The van der Waals surface area contributed by atoms with Gasteiger partial charge in [0.25, 0.3) is 0 Å². The van der Waals surface area contributed by atoms with Crippen molar-refractivity contribution in [1.29, 1.82) is 0 Å². The molecule has 9 aromatic rings. The highest BCUT2D eigenvalue weighted by molar-refractivity contribution is 6.16. The molecular formula is C52H36N2. The first kappa shape index (κ1) is 30.8. The summed E-state index contributed by atoms with van der Waals surface area (Å²) in [6, 6.07) is 60.3. The number of benzene rings is 6. The fourth-order valence-electron chi connectivity index (χ4n) is 9.49. The molecule has 0 spiro atoms. The molecule has 2 heteroatoms. The van der Waals surface area contributed by atoms with Gasteiger partial charge in [-0.3, -0.25) is 0 Å². The third kappa shape index (κ3) is 4.42. The highest BCUT2D eigenvalue weighted by Gasteiger charge is 2.29. The molecule has 2 aliphatic carbocycles. The van der Waals surface area contributed by atoms with Gasteiger partial charge in [0.2, 0.25) is 0 Å². The SMILES string of the molecule is Cn1c2ccccc2c2c(C3=C4C=c5c(-c6cccc7c6c6ccccc6n7C)cc#cc5=C(c5ccc(-c6ccccc6)cc5)C4CC=C3)cccc21. The topological polar surface area (TPSA) is 9.86 Å². The molecule has 0 amide bonds. The van der Waals surface area contributed by atoms with Gasteiger partial charge in [0.05, 0.1) is 0 Å². The van der Waals surface area contributed by atoms with E-state index in [1.165, 1.54) is 98.9 Å². The monoisotopic (exact) mass is 688 g/mol. The average Bonchev–Trinajstić information content (AvgIpc) is 3.70. The first-order valence-corrected chi connectivity index (χ1v) is 18.8. The predicted molar refractivity (Wildman–Crippen MR) is 226 cm³/mol. The lowest BCUT2D eigenvalue weighted by molar-refractivity contribution is 0.808. The zero-order chi connectivity index (χ0) is 35.9. The van der Waals surface area contributed by atoms with Crippen LogP contribution in [0.5, 0.6) is 0 Å². The molecule has 0 N–H and O–H groups in total. The minimum atomic E-state index is 0.165. The van der Waals surface area contributed by atoms with Crippen LogP contribution in [0, 0.1) is 18.1 Å². The standard InChI is InChI=1S/C52H36N2/c1-53-46-24-8-6-16-42(46)51-38(22-12-26-48(51)53)36-18-10-20-40-44(36)32-45-37(39-23-13-27-49-52(39)43-17-7-9-25-47(43)54(49)2)19-11-21-41(45)50(40)35-30-28-34(29-31-35)33-14-4-3-5-15-33/h3-10,12-19,22-32,40H,20H2,1-2H3. The number of aromatic nitrogens is 2. The van der Waals surface area contributed by atoms with E-state index in [-0.39, 0.29) is 5.92 Å². The van der Waals surface area contributed by atoms with Crippen LogP contribution in [0.25, 0.3) is 83.1 Å². The second-order valence-corrected chi connectivity index (χ2v) is 14.7. The fourth-order valence-corrected chi connectivity index (χ4v) is 9.49. The third-order valence-electron chi connectivity index (χ3n) is 12.0. The summed E-state index contributed by atoms with van der Waals surface area (Å²) in [5.74, 6) is 0.165. The molecule has 0 aliphatic heterocycles. The predicted octanol–water partition coefficient (Wildman–Crippen LogP) is 10.9. The maximum Gasteiger partial charge on any atom is 0.0495 e. The summed E-state index contributed by atoms with van der Waals surface area (Å²) >= 11 is 0. The smallest absolute Gasteiger partial charge is 0.0495 e. The van der Waals surface area contributed by atoms with Crippen LogP contribution in [-0.2, 0) is 14.1 Å². The van der Waals surface area contributed by atoms with Crippen LogP contribution in [0.1, 0.15) is 17.5 Å². The maximum atomic E-state index is 3.68. The van der Waals surface area contributed by atoms with Crippen LogP contribution in [0.15, 0.2) is 163 Å². The number of fused-ring (bicyclic) bond motifs is 8. The Morgan fingerprint density at radius 3 is 1.81 bits per heavy atom. The van der Waals surface area contributed by atoms with Crippen molar-refractivity contribution in [2.24, 2.45) is 20.0 Å². The van der Waals surface area contributed by atoms with E-state index < -0.39 is 0 Å². The first-order valence-electron chi connectivity index (χ1n) is 18.8. The van der Waals surface area contributed by atoms with Crippen LogP contribution in [-0.4, -0.2) is 9.13 Å². The molecule has 0 saturated carbocycles. The van der Waals surface area contributed by atoms with Crippen LogP contribution in [0.2, 0.25) is 0 Å². The van der Waals surface area contributed by atoms with Crippen LogP contribution < -0.4 is 10.4 Å². The zero-order valence-electron chi connectivity index (χ0n) is 30.3. The van der Waals surface area contributed by atoms with E-state index in [2.05, 4.69) is 199 Å². The number of nitrogens with zero attached hydrogens (tertiary/aromatic N) is 2. The molecule has 54 heavy (non-hydrogen) atoms. The lowest BCUT2D eigenvalue weighted by Gasteiger charge is -2.30. The molecule has 2 aliphatic rings. The molecule has 254 valence electrons. The van der Waals surface area contributed by atoms with Gasteiger partial charge in [-0.2, -0.15) is 0 Å². The fraction of sp³-hybridized carbons (Fsp3) is 0.0769. The summed E-state index contributed by atoms with van der Waals surface area (Å²) in [6.45, 7) is 0. The van der Waals surface area contributed by atoms with Gasteiger partial charge in [-0.25, -0.2) is 0 Å². The molecule has 2 nitrogen and oxygen atoms in total. The van der Waals surface area contributed by atoms with E-state index in [1.54, 1.807) is 0 Å². The molecular weight excluding hydrogens is 653 g/mol. The van der Waals surface area contributed by atoms with Crippen molar-refractivity contribution < 1.29 is 0 Å². The van der Waals surface area contributed by atoms with Crippen molar-refractivity contribution >= 4 is 60.8 Å². The van der Waals surface area contributed by atoms with Gasteiger partial charge < -0.3 is 9.13 Å². The van der Waals surface area contributed by atoms with Crippen molar-refractivity contribution in [1.82, 2.24) is 9.13 Å². The van der Waals surface area contributed by atoms with Crippen LogP contribution >= 0.6 is 0 Å². The Hall–Kier alpha value is -6.82. The van der Waals surface area contributed by atoms with Crippen LogP contribution in [0.4, 0.5) is 0 Å². The van der Waals surface area contributed by atoms with Crippen molar-refractivity contribution in [2.45, 2.75) is 6.42 Å². The van der Waals surface area contributed by atoms with E-state index in [0.717, 1.165) is 11.6 Å². The Labute approximate surface area is 314 Å². The lowest BCUT2D eigenvalue weighted by atomic mass is 9.73. The van der Waals surface area contributed by atoms with E-state index in [9.17, 15) is 0 Å². The summed E-state index contributed by atoms with van der Waals surface area (Å²) in [5.41, 5.74) is 16.3. The van der Waals surface area contributed by atoms with Gasteiger partial charge >= 0.3 is 0 Å². The molecule has 11 rings (SSSR count). The van der Waals surface area contributed by atoms with Crippen molar-refractivity contribution in [3.8, 4) is 22.3 Å². The van der Waals surface area contributed by atoms with Crippen molar-refractivity contribution in [2.75, 3.05) is 0 Å². The van der Waals surface area contributed by atoms with Gasteiger partial charge in [-0.1, -0.05) is 140 Å². The van der Waals surface area contributed by atoms with E-state index in [1.807, 2.05) is 0 Å². The second kappa shape index (κ2) is 11.9. The molecule has 2 aromatic heterocycles. The highest BCUT2D eigenvalue weighted by Crippen LogP contribution is 2.44. The van der Waals surface area contributed by atoms with Crippen molar-refractivity contribution in [3.63, 3.8) is 0 Å². The third-order valence-corrected chi connectivity index (χ3v) is 12.0. The molecule has 7 aromatic carbocycles.